The van der Waals surface area contributed by atoms with Crippen LogP contribution in [-0.2, 0) is 16.1 Å². The zero-order chi connectivity index (χ0) is 24.6. The van der Waals surface area contributed by atoms with E-state index >= 15 is 0 Å². The van der Waals surface area contributed by atoms with Gasteiger partial charge in [-0.25, -0.2) is 9.59 Å². The van der Waals surface area contributed by atoms with Crippen molar-refractivity contribution in [1.82, 2.24) is 10.3 Å². The Morgan fingerprint density at radius 1 is 1.00 bits per heavy atom. The third-order valence-electron chi connectivity index (χ3n) is 5.29. The summed E-state index contributed by atoms with van der Waals surface area (Å²) in [4.78, 5) is 43.0. The number of esters is 1. The van der Waals surface area contributed by atoms with E-state index < -0.39 is 18.1 Å². The van der Waals surface area contributed by atoms with Crippen LogP contribution in [0.5, 0.6) is 5.75 Å². The highest BCUT2D eigenvalue weighted by molar-refractivity contribution is 7.21. The van der Waals surface area contributed by atoms with Gasteiger partial charge in [-0.15, -0.1) is 11.3 Å². The molecule has 0 aliphatic carbocycles. The molecule has 0 radical (unpaired) electrons. The number of pyridine rings is 1. The maximum Gasteiger partial charge on any atom is 0.408 e. The summed E-state index contributed by atoms with van der Waals surface area (Å²) in [5.41, 5.74) is 2.63. The first-order valence-electron chi connectivity index (χ1n) is 11.1. The van der Waals surface area contributed by atoms with Crippen LogP contribution in [0.25, 0.3) is 10.2 Å². The van der Waals surface area contributed by atoms with Crippen molar-refractivity contribution >= 4 is 39.4 Å². The Morgan fingerprint density at radius 3 is 2.43 bits per heavy atom. The van der Waals surface area contributed by atoms with E-state index in [4.69, 9.17) is 9.47 Å². The first-order valence-corrected chi connectivity index (χ1v) is 11.9. The third-order valence-corrected chi connectivity index (χ3v) is 6.60. The molecule has 35 heavy (non-hydrogen) atoms. The van der Waals surface area contributed by atoms with Crippen LogP contribution in [0.4, 0.5) is 4.79 Å². The lowest BCUT2D eigenvalue weighted by Gasteiger charge is -2.17. The van der Waals surface area contributed by atoms with Gasteiger partial charge in [0.25, 0.3) is 0 Å². The van der Waals surface area contributed by atoms with Gasteiger partial charge >= 0.3 is 12.1 Å². The van der Waals surface area contributed by atoms with E-state index in [0.29, 0.717) is 10.6 Å². The number of ketones is 1. The summed E-state index contributed by atoms with van der Waals surface area (Å²) in [6.45, 7) is 2.02. The molecule has 0 aliphatic rings. The van der Waals surface area contributed by atoms with Gasteiger partial charge in [0.15, 0.2) is 5.78 Å². The first-order chi connectivity index (χ1) is 17.0. The fourth-order valence-electron chi connectivity index (χ4n) is 3.43. The van der Waals surface area contributed by atoms with Crippen molar-refractivity contribution in [3.8, 4) is 5.75 Å². The molecule has 0 saturated heterocycles. The number of nitrogens with one attached hydrogen (secondary N) is 1. The molecule has 7 nitrogen and oxygen atoms in total. The number of carbonyl (C=O) groups excluding carboxylic acids is 3. The summed E-state index contributed by atoms with van der Waals surface area (Å²) in [6.07, 6.45) is 1.04. The number of nitrogens with zero attached hydrogens (tertiary/aromatic N) is 1. The fourth-order valence-corrected chi connectivity index (χ4v) is 4.48. The standard InChI is InChI=1S/C27H24N2O5S/c1-18-14-15-28-22-16-24(35-25(18)22)23(30)13-12-21(26(31)34-20-10-6-3-7-11-20)29-27(32)33-17-19-8-4-2-5-9-19/h2-11,14-16,21H,12-13,17H2,1H3,(H,29,32)/t21-/m1/s1. The third kappa shape index (κ3) is 6.51. The Morgan fingerprint density at radius 2 is 1.71 bits per heavy atom. The molecule has 0 bridgehead atoms. The number of carbonyl (C=O) groups is 3. The summed E-state index contributed by atoms with van der Waals surface area (Å²) >= 11 is 1.37. The average Bonchev–Trinajstić information content (AvgIpc) is 3.32. The molecular formula is C27H24N2O5S. The highest BCUT2D eigenvalue weighted by Gasteiger charge is 2.25. The number of Topliss-reactive ketones (excluding diaryl/α,β-unsaturated/α-hetero) is 1. The highest BCUT2D eigenvalue weighted by Crippen LogP contribution is 2.28. The number of aryl methyl sites for hydroxylation is 1. The van der Waals surface area contributed by atoms with Crippen molar-refractivity contribution in [3.63, 3.8) is 0 Å². The zero-order valence-corrected chi connectivity index (χ0v) is 19.9. The molecule has 8 heteroatoms. The Hall–Kier alpha value is -4.04. The van der Waals surface area contributed by atoms with Crippen molar-refractivity contribution in [1.29, 1.82) is 0 Å². The van der Waals surface area contributed by atoms with Crippen molar-refractivity contribution in [2.24, 2.45) is 0 Å². The maximum absolute atomic E-state index is 12.9. The number of hydrogen-bond donors (Lipinski definition) is 1. The van der Waals surface area contributed by atoms with Gasteiger partial charge in [0, 0.05) is 12.6 Å². The van der Waals surface area contributed by atoms with E-state index in [1.807, 2.05) is 43.3 Å². The number of amides is 1. The fraction of sp³-hybridized carbons (Fsp3) is 0.185. The minimum atomic E-state index is -1.06. The van der Waals surface area contributed by atoms with Crippen LogP contribution in [-0.4, -0.2) is 28.9 Å². The number of alkyl carbamates (subject to hydrolysis) is 1. The molecule has 0 unspecified atom stereocenters. The molecule has 178 valence electrons. The molecule has 4 aromatic rings. The SMILES string of the molecule is Cc1ccnc2cc(C(=O)CC[C@@H](NC(=O)OCc3ccccc3)C(=O)Oc3ccccc3)sc12. The second-order valence-corrected chi connectivity index (χ2v) is 8.96. The second kappa shape index (κ2) is 11.4. The van der Waals surface area contributed by atoms with Gasteiger partial charge < -0.3 is 14.8 Å². The van der Waals surface area contributed by atoms with Crippen LogP contribution in [0.1, 0.15) is 33.6 Å². The Bertz CT molecular complexity index is 1320. The number of fused-ring (bicyclic) bond motifs is 1. The predicted octanol–water partition coefficient (Wildman–Crippen LogP) is 5.47. The number of para-hydroxylation sites is 1. The number of ether oxygens (including phenoxy) is 2. The lowest BCUT2D eigenvalue weighted by molar-refractivity contribution is -0.136. The first kappa shape index (κ1) is 24.1. The monoisotopic (exact) mass is 488 g/mol. The van der Waals surface area contributed by atoms with E-state index in [0.717, 1.165) is 21.3 Å². The molecule has 2 aromatic heterocycles. The predicted molar refractivity (Wildman–Crippen MR) is 134 cm³/mol. The van der Waals surface area contributed by atoms with Gasteiger partial charge in [-0.3, -0.25) is 9.78 Å². The van der Waals surface area contributed by atoms with Crippen LogP contribution in [0, 0.1) is 6.92 Å². The van der Waals surface area contributed by atoms with E-state index in [1.54, 1.807) is 42.6 Å². The molecule has 1 atom stereocenters. The minimum absolute atomic E-state index is 0.0411. The van der Waals surface area contributed by atoms with Crippen LogP contribution >= 0.6 is 11.3 Å². The van der Waals surface area contributed by atoms with Gasteiger partial charge in [0.2, 0.25) is 0 Å². The summed E-state index contributed by atoms with van der Waals surface area (Å²) in [6, 6.07) is 20.3. The Balaban J connectivity index is 1.42. The molecule has 0 saturated carbocycles. The molecule has 1 amide bonds. The number of rotatable bonds is 9. The van der Waals surface area contributed by atoms with E-state index in [9.17, 15) is 14.4 Å². The van der Waals surface area contributed by atoms with Crippen LogP contribution < -0.4 is 10.1 Å². The lowest BCUT2D eigenvalue weighted by atomic mass is 10.1. The molecule has 4 rings (SSSR count). The van der Waals surface area contributed by atoms with E-state index in [-0.39, 0.29) is 25.2 Å². The number of thiophene rings is 1. The molecule has 2 aromatic carbocycles. The normalized spacial score (nSPS) is 11.6. The van der Waals surface area contributed by atoms with Crippen LogP contribution in [0.15, 0.2) is 79.0 Å². The topological polar surface area (TPSA) is 94.6 Å². The largest absolute Gasteiger partial charge is 0.445 e. The molecule has 2 heterocycles. The molecule has 0 fully saturated rings. The summed E-state index contributed by atoms with van der Waals surface area (Å²) in [5, 5.41) is 2.55. The average molecular weight is 489 g/mol. The number of hydrogen-bond acceptors (Lipinski definition) is 7. The minimum Gasteiger partial charge on any atom is -0.445 e. The summed E-state index contributed by atoms with van der Waals surface area (Å²) in [5.74, 6) is -0.460. The number of aromatic nitrogens is 1. The molecule has 0 spiro atoms. The van der Waals surface area contributed by atoms with Crippen molar-refractivity contribution in [2.45, 2.75) is 32.4 Å². The Labute approximate surface area is 206 Å². The van der Waals surface area contributed by atoms with Crippen molar-refractivity contribution in [3.05, 3.63) is 95.0 Å². The van der Waals surface area contributed by atoms with Crippen LogP contribution in [0.2, 0.25) is 0 Å². The zero-order valence-electron chi connectivity index (χ0n) is 19.1. The highest BCUT2D eigenvalue weighted by atomic mass is 32.1. The van der Waals surface area contributed by atoms with Gasteiger partial charge in [-0.1, -0.05) is 48.5 Å². The summed E-state index contributed by atoms with van der Waals surface area (Å²) < 4.78 is 11.6. The van der Waals surface area contributed by atoms with Crippen molar-refractivity contribution in [2.75, 3.05) is 0 Å². The summed E-state index contributed by atoms with van der Waals surface area (Å²) in [7, 11) is 0. The smallest absolute Gasteiger partial charge is 0.408 e. The quantitative estimate of drug-likeness (QED) is 0.191. The molecule has 0 aliphatic heterocycles. The molecule has 1 N–H and O–H groups in total. The lowest BCUT2D eigenvalue weighted by Crippen LogP contribution is -2.43. The van der Waals surface area contributed by atoms with E-state index in [2.05, 4.69) is 10.3 Å². The van der Waals surface area contributed by atoms with Gasteiger partial charge in [-0.05, 0) is 48.7 Å². The number of benzene rings is 2. The Kier molecular flexibility index (Phi) is 7.84. The maximum atomic E-state index is 12.9. The van der Waals surface area contributed by atoms with Gasteiger partial charge in [0.1, 0.15) is 18.4 Å². The van der Waals surface area contributed by atoms with Crippen molar-refractivity contribution < 1.29 is 23.9 Å². The van der Waals surface area contributed by atoms with Gasteiger partial charge in [-0.2, -0.15) is 0 Å². The second-order valence-electron chi connectivity index (χ2n) is 7.91. The van der Waals surface area contributed by atoms with Crippen LogP contribution in [0.3, 0.4) is 0 Å². The van der Waals surface area contributed by atoms with E-state index in [1.165, 1.54) is 11.3 Å². The molecular weight excluding hydrogens is 464 g/mol. The van der Waals surface area contributed by atoms with Gasteiger partial charge in [0.05, 0.1) is 15.1 Å².